The molecule has 0 spiro atoms. The highest BCUT2D eigenvalue weighted by atomic mass is 32.2. The van der Waals surface area contributed by atoms with Gasteiger partial charge in [0, 0.05) is 11.9 Å². The fourth-order valence-corrected chi connectivity index (χ4v) is 3.04. The Morgan fingerprint density at radius 2 is 2.09 bits per heavy atom. The van der Waals surface area contributed by atoms with Crippen LogP contribution in [0.2, 0.25) is 0 Å². The topological polar surface area (TPSA) is 93.8 Å². The molecule has 0 aromatic heterocycles. The maximum atomic E-state index is 11.0. The molecule has 0 aliphatic heterocycles. The molecule has 128 valence electrons. The van der Waals surface area contributed by atoms with E-state index in [1.807, 2.05) is 12.1 Å². The predicted octanol–water partition coefficient (Wildman–Crippen LogP) is 1.35. The van der Waals surface area contributed by atoms with E-state index in [1.54, 1.807) is 0 Å². The molecule has 0 amide bonds. The van der Waals surface area contributed by atoms with Crippen LogP contribution in [0.1, 0.15) is 24.0 Å². The predicted molar refractivity (Wildman–Crippen MR) is 93.7 cm³/mol. The average molecular weight is 339 g/mol. The third kappa shape index (κ3) is 6.19. The number of hydrogen-bond donors (Lipinski definition) is 2. The second-order valence-corrected chi connectivity index (χ2v) is 8.04. The molecule has 3 N–H and O–H groups in total. The van der Waals surface area contributed by atoms with Gasteiger partial charge >= 0.3 is 0 Å². The summed E-state index contributed by atoms with van der Waals surface area (Å²) in [5.41, 5.74) is 9.66. The molecule has 1 aliphatic rings. The summed E-state index contributed by atoms with van der Waals surface area (Å²) in [5.74, 6) is 0.385. The van der Waals surface area contributed by atoms with Gasteiger partial charge in [-0.3, -0.25) is 4.99 Å². The van der Waals surface area contributed by atoms with Crippen LogP contribution < -0.4 is 11.1 Å². The number of rotatable bonds is 7. The van der Waals surface area contributed by atoms with Crippen LogP contribution in [-0.4, -0.2) is 46.1 Å². The molecule has 2 rings (SSSR count). The summed E-state index contributed by atoms with van der Waals surface area (Å²) in [7, 11) is -2.98. The molecule has 0 saturated heterocycles. The van der Waals surface area contributed by atoms with Gasteiger partial charge in [0.15, 0.2) is 5.96 Å². The minimum Gasteiger partial charge on any atom is -0.378 e. The molecule has 0 radical (unpaired) electrons. The summed E-state index contributed by atoms with van der Waals surface area (Å²) in [6.45, 7) is 0.941. The van der Waals surface area contributed by atoms with E-state index in [4.69, 9.17) is 10.5 Å². The van der Waals surface area contributed by atoms with Crippen molar-refractivity contribution in [2.24, 2.45) is 10.7 Å². The van der Waals surface area contributed by atoms with E-state index in [0.717, 1.165) is 18.5 Å². The monoisotopic (exact) mass is 339 g/mol. The Bertz CT molecular complexity index is 657. The van der Waals surface area contributed by atoms with Crippen molar-refractivity contribution in [1.82, 2.24) is 0 Å². The van der Waals surface area contributed by atoms with E-state index in [1.165, 1.54) is 30.2 Å². The number of nitrogens with zero attached hydrogens (tertiary/aromatic N) is 1. The molecule has 0 unspecified atom stereocenters. The van der Waals surface area contributed by atoms with Crippen LogP contribution in [0.3, 0.4) is 0 Å². The number of fused-ring (bicyclic) bond motifs is 1. The van der Waals surface area contributed by atoms with Crippen molar-refractivity contribution >= 4 is 21.5 Å². The van der Waals surface area contributed by atoms with Crippen LogP contribution in [0, 0.1) is 0 Å². The molecule has 1 aromatic rings. The Hall–Kier alpha value is -1.60. The highest BCUT2D eigenvalue weighted by molar-refractivity contribution is 7.90. The number of aryl methyl sites for hydroxylation is 1. The standard InChI is InChI=1S/C16H25N3O3S/c1-23(20,21)12-11-22-10-9-18-16(17)19-15-8-4-6-13-5-2-3-7-14(13)15/h4,6,8H,2-3,5,7,9-12H2,1H3,(H3,17,18,19). The van der Waals surface area contributed by atoms with E-state index in [9.17, 15) is 8.42 Å². The second-order valence-electron chi connectivity index (χ2n) is 5.78. The Morgan fingerprint density at radius 1 is 1.30 bits per heavy atom. The first kappa shape index (κ1) is 17.7. The molecule has 1 aliphatic carbocycles. The first-order chi connectivity index (χ1) is 11.0. The fraction of sp³-hybridized carbons (Fsp3) is 0.562. The highest BCUT2D eigenvalue weighted by Crippen LogP contribution is 2.27. The Balaban J connectivity index is 1.79. The lowest BCUT2D eigenvalue weighted by molar-refractivity contribution is 0.157. The largest absolute Gasteiger partial charge is 0.378 e. The van der Waals surface area contributed by atoms with Gasteiger partial charge in [-0.25, -0.2) is 8.42 Å². The Kier molecular flexibility index (Phi) is 6.41. The molecule has 0 saturated carbocycles. The molecule has 0 bridgehead atoms. The number of nitrogens with one attached hydrogen (secondary N) is 1. The number of guanidine groups is 1. The Morgan fingerprint density at radius 3 is 2.87 bits per heavy atom. The minimum atomic E-state index is -2.98. The number of anilines is 1. The van der Waals surface area contributed by atoms with Crippen LogP contribution in [-0.2, 0) is 27.4 Å². The van der Waals surface area contributed by atoms with E-state index >= 15 is 0 Å². The number of nitrogens with two attached hydrogens (primary N) is 1. The second kappa shape index (κ2) is 8.31. The third-order valence-corrected chi connectivity index (χ3v) is 4.68. The van der Waals surface area contributed by atoms with Crippen molar-refractivity contribution in [3.05, 3.63) is 29.3 Å². The average Bonchev–Trinajstić information content (AvgIpc) is 2.50. The lowest BCUT2D eigenvalue weighted by Gasteiger charge is -2.19. The molecule has 1 aromatic carbocycles. The van der Waals surface area contributed by atoms with E-state index < -0.39 is 9.84 Å². The molecule has 0 atom stereocenters. The van der Waals surface area contributed by atoms with E-state index in [0.29, 0.717) is 19.1 Å². The quantitative estimate of drug-likeness (QED) is 0.444. The first-order valence-electron chi connectivity index (χ1n) is 7.89. The zero-order valence-corrected chi connectivity index (χ0v) is 14.4. The SMILES string of the molecule is CS(=O)(=O)CCOCCN=C(N)Nc1cccc2c1CCCC2. The van der Waals surface area contributed by atoms with Crippen molar-refractivity contribution in [1.29, 1.82) is 0 Å². The number of sulfone groups is 1. The molecular formula is C16H25N3O3S. The lowest BCUT2D eigenvalue weighted by Crippen LogP contribution is -2.25. The molecule has 7 heteroatoms. The summed E-state index contributed by atoms with van der Waals surface area (Å²) in [6, 6.07) is 6.23. The van der Waals surface area contributed by atoms with E-state index in [2.05, 4.69) is 16.4 Å². The van der Waals surface area contributed by atoms with Gasteiger partial charge < -0.3 is 15.8 Å². The zero-order chi connectivity index (χ0) is 16.7. The minimum absolute atomic E-state index is 0.0284. The van der Waals surface area contributed by atoms with Gasteiger partial charge in [-0.05, 0) is 42.9 Å². The Labute approximate surface area is 138 Å². The molecular weight excluding hydrogens is 314 g/mol. The van der Waals surface area contributed by atoms with Gasteiger partial charge in [-0.15, -0.1) is 0 Å². The van der Waals surface area contributed by atoms with E-state index in [-0.39, 0.29) is 12.4 Å². The number of hydrogen-bond acceptors (Lipinski definition) is 4. The van der Waals surface area contributed by atoms with Gasteiger partial charge in [0.25, 0.3) is 0 Å². The lowest BCUT2D eigenvalue weighted by atomic mass is 9.90. The van der Waals surface area contributed by atoms with Gasteiger partial charge in [0.05, 0.1) is 25.5 Å². The molecule has 0 fully saturated rings. The van der Waals surface area contributed by atoms with Gasteiger partial charge in [-0.1, -0.05) is 12.1 Å². The van der Waals surface area contributed by atoms with Crippen LogP contribution in [0.4, 0.5) is 5.69 Å². The van der Waals surface area contributed by atoms with Crippen LogP contribution in [0.5, 0.6) is 0 Å². The van der Waals surface area contributed by atoms with Crippen molar-refractivity contribution in [2.45, 2.75) is 25.7 Å². The molecule has 23 heavy (non-hydrogen) atoms. The summed E-state index contributed by atoms with van der Waals surface area (Å²) in [5, 5.41) is 3.16. The fourth-order valence-electron chi connectivity index (χ4n) is 2.62. The third-order valence-electron chi connectivity index (χ3n) is 3.77. The zero-order valence-electron chi connectivity index (χ0n) is 13.5. The van der Waals surface area contributed by atoms with Crippen molar-refractivity contribution < 1.29 is 13.2 Å². The molecule has 6 nitrogen and oxygen atoms in total. The van der Waals surface area contributed by atoms with Gasteiger partial charge in [-0.2, -0.15) is 0 Å². The normalized spacial score (nSPS) is 15.3. The number of aliphatic imine (C=N–C) groups is 1. The summed E-state index contributed by atoms with van der Waals surface area (Å²) < 4.78 is 27.1. The van der Waals surface area contributed by atoms with Gasteiger partial charge in [0.1, 0.15) is 9.84 Å². The molecule has 0 heterocycles. The van der Waals surface area contributed by atoms with Crippen molar-refractivity contribution in [2.75, 3.05) is 37.1 Å². The number of benzene rings is 1. The van der Waals surface area contributed by atoms with Crippen LogP contribution in [0.25, 0.3) is 0 Å². The highest BCUT2D eigenvalue weighted by Gasteiger charge is 2.12. The van der Waals surface area contributed by atoms with Crippen molar-refractivity contribution in [3.8, 4) is 0 Å². The van der Waals surface area contributed by atoms with Gasteiger partial charge in [0.2, 0.25) is 0 Å². The van der Waals surface area contributed by atoms with Crippen molar-refractivity contribution in [3.63, 3.8) is 0 Å². The maximum Gasteiger partial charge on any atom is 0.193 e. The summed E-state index contributed by atoms with van der Waals surface area (Å²) >= 11 is 0. The first-order valence-corrected chi connectivity index (χ1v) is 9.95. The smallest absolute Gasteiger partial charge is 0.193 e. The summed E-state index contributed by atoms with van der Waals surface area (Å²) in [4.78, 5) is 4.21. The number of ether oxygens (including phenoxy) is 1. The summed E-state index contributed by atoms with van der Waals surface area (Å²) in [6.07, 6.45) is 5.83. The van der Waals surface area contributed by atoms with Crippen LogP contribution >= 0.6 is 0 Å². The van der Waals surface area contributed by atoms with Crippen LogP contribution in [0.15, 0.2) is 23.2 Å². The maximum absolute atomic E-state index is 11.0.